The number of nitrogens with zero attached hydrogens (tertiary/aromatic N) is 3. The third kappa shape index (κ3) is 4.28. The van der Waals surface area contributed by atoms with E-state index in [0.717, 1.165) is 24.8 Å². The van der Waals surface area contributed by atoms with Crippen molar-refractivity contribution < 1.29 is 27.8 Å². The van der Waals surface area contributed by atoms with Gasteiger partial charge < -0.3 is 23.5 Å². The largest absolute Gasteiger partial charge is 0.492 e. The molecule has 1 unspecified atom stereocenters. The molecule has 0 radical (unpaired) electrons. The smallest absolute Gasteiger partial charge is 0.264 e. The van der Waals surface area contributed by atoms with E-state index >= 15 is 4.39 Å². The first kappa shape index (κ1) is 25.3. The molecule has 9 nitrogen and oxygen atoms in total. The predicted molar refractivity (Wildman–Crippen MR) is 142 cm³/mol. The molecule has 1 aliphatic carbocycles. The van der Waals surface area contributed by atoms with Crippen molar-refractivity contribution in [1.29, 1.82) is 0 Å². The summed E-state index contributed by atoms with van der Waals surface area (Å²) in [4.78, 5) is 39.5. The van der Waals surface area contributed by atoms with Gasteiger partial charge in [-0.25, -0.2) is 4.39 Å². The van der Waals surface area contributed by atoms with Gasteiger partial charge in [-0.3, -0.25) is 19.1 Å². The van der Waals surface area contributed by atoms with Crippen molar-refractivity contribution in [3.63, 3.8) is 0 Å². The molecule has 11 heteroatoms. The highest BCUT2D eigenvalue weighted by Crippen LogP contribution is 2.46. The minimum atomic E-state index is -3.41. The molecule has 0 bridgehead atoms. The van der Waals surface area contributed by atoms with E-state index < -0.39 is 18.6 Å². The van der Waals surface area contributed by atoms with E-state index in [1.54, 1.807) is 6.20 Å². The number of carbonyl (C=O) groups is 1. The van der Waals surface area contributed by atoms with Crippen LogP contribution in [0.1, 0.15) is 53.9 Å². The average Bonchev–Trinajstić information content (AvgIpc) is 3.63. The van der Waals surface area contributed by atoms with Gasteiger partial charge in [0.25, 0.3) is 7.37 Å². The fourth-order valence-corrected chi connectivity index (χ4v) is 7.46. The first-order chi connectivity index (χ1) is 18.2. The van der Waals surface area contributed by atoms with E-state index in [4.69, 9.17) is 9.15 Å². The molecule has 1 N–H and O–H groups in total. The Balaban J connectivity index is 1.28. The van der Waals surface area contributed by atoms with Gasteiger partial charge in [0.15, 0.2) is 28.3 Å². The first-order valence-electron chi connectivity index (χ1n) is 13.1. The highest BCUT2D eigenvalue weighted by atomic mass is 31.2. The number of rotatable bonds is 6. The number of furan rings is 1. The van der Waals surface area contributed by atoms with Crippen molar-refractivity contribution in [2.45, 2.75) is 45.2 Å². The monoisotopic (exact) mass is 543 g/mol. The normalized spacial score (nSPS) is 22.1. The van der Waals surface area contributed by atoms with Crippen LogP contribution in [0.3, 0.4) is 0 Å². The number of anilines is 1. The van der Waals surface area contributed by atoms with E-state index in [0.29, 0.717) is 61.9 Å². The fraction of sp³-hybridized carbons (Fsp3) is 0.481. The molecule has 6 rings (SSSR count). The number of Topliss-reactive ketones (excluding diaryl/α,β-unsaturated/α-hetero) is 1. The van der Waals surface area contributed by atoms with Crippen LogP contribution < -0.4 is 20.6 Å². The van der Waals surface area contributed by atoms with E-state index in [2.05, 4.69) is 4.90 Å². The van der Waals surface area contributed by atoms with E-state index in [9.17, 15) is 19.0 Å². The molecule has 1 saturated heterocycles. The lowest BCUT2D eigenvalue weighted by Gasteiger charge is -2.36. The van der Waals surface area contributed by atoms with Crippen LogP contribution >= 0.6 is 7.37 Å². The summed E-state index contributed by atoms with van der Waals surface area (Å²) in [7, 11) is -1.93. The molecule has 1 aromatic carbocycles. The van der Waals surface area contributed by atoms with Crippen LogP contribution in [0.4, 0.5) is 10.1 Å². The maximum Gasteiger partial charge on any atom is 0.264 e. The quantitative estimate of drug-likeness (QED) is 0.373. The highest BCUT2D eigenvalue weighted by Gasteiger charge is 2.34. The zero-order chi connectivity index (χ0) is 26.8. The Labute approximate surface area is 219 Å². The predicted octanol–water partition coefficient (Wildman–Crippen LogP) is 3.44. The van der Waals surface area contributed by atoms with Crippen LogP contribution in [-0.4, -0.2) is 59.6 Å². The van der Waals surface area contributed by atoms with Crippen LogP contribution in [0.25, 0.3) is 10.9 Å². The second-order valence-corrected chi connectivity index (χ2v) is 12.8. The molecule has 1 saturated carbocycles. The summed E-state index contributed by atoms with van der Waals surface area (Å²) in [6.45, 7) is 4.16. The molecular formula is C27H31FN3O6P. The third-order valence-corrected chi connectivity index (χ3v) is 9.79. The van der Waals surface area contributed by atoms with Crippen molar-refractivity contribution in [2.24, 2.45) is 0 Å². The highest BCUT2D eigenvalue weighted by molar-refractivity contribution is 7.65. The summed E-state index contributed by atoms with van der Waals surface area (Å²) in [6.07, 6.45) is 5.13. The number of hydrogen-bond donors (Lipinski definition) is 1. The topological polar surface area (TPSA) is 105 Å². The molecule has 1 atom stereocenters. The molecule has 3 aliphatic rings. The number of ketones is 1. The van der Waals surface area contributed by atoms with Gasteiger partial charge in [0, 0.05) is 50.1 Å². The van der Waals surface area contributed by atoms with E-state index in [1.165, 1.54) is 20.1 Å². The van der Waals surface area contributed by atoms with Gasteiger partial charge >= 0.3 is 0 Å². The molecule has 3 aromatic rings. The number of hydrogen-bond acceptors (Lipinski definition) is 7. The SMILES string of the molecule is COc1c(N2CCN(Cc3cc4c(o3)P(=O)(O)CCC4)CC2)c(F)cc2c(=O)c(C(C)=O)cn(C3CC3)c12. The number of aromatic nitrogens is 1. The first-order valence-corrected chi connectivity index (χ1v) is 14.9. The molecule has 0 spiro atoms. The molecule has 4 heterocycles. The summed E-state index contributed by atoms with van der Waals surface area (Å²) in [5, 5.41) is 0.157. The summed E-state index contributed by atoms with van der Waals surface area (Å²) in [5.41, 5.74) is 1.50. The number of methoxy groups -OCH3 is 1. The summed E-state index contributed by atoms with van der Waals surface area (Å²) in [5.74, 6) is 0.0826. The van der Waals surface area contributed by atoms with Crippen LogP contribution in [-0.2, 0) is 17.5 Å². The van der Waals surface area contributed by atoms with Crippen molar-refractivity contribution in [3.05, 3.63) is 51.3 Å². The molecule has 0 amide bonds. The van der Waals surface area contributed by atoms with Crippen molar-refractivity contribution in [2.75, 3.05) is 44.4 Å². The molecule has 2 fully saturated rings. The Kier molecular flexibility index (Phi) is 6.24. The van der Waals surface area contributed by atoms with Crippen LogP contribution in [0.15, 0.2) is 27.5 Å². The molecule has 2 aromatic heterocycles. The summed E-state index contributed by atoms with van der Waals surface area (Å²) >= 11 is 0. The Morgan fingerprint density at radius 1 is 1.24 bits per heavy atom. The molecule has 202 valence electrons. The van der Waals surface area contributed by atoms with Gasteiger partial charge in [0.05, 0.1) is 30.1 Å². The number of carbonyl (C=O) groups excluding carboxylic acids is 1. The van der Waals surface area contributed by atoms with Gasteiger partial charge in [0.2, 0.25) is 0 Å². The average molecular weight is 544 g/mol. The number of fused-ring (bicyclic) bond motifs is 2. The number of aryl methyl sites for hydroxylation is 1. The van der Waals surface area contributed by atoms with Crippen molar-refractivity contribution in [1.82, 2.24) is 9.47 Å². The minimum absolute atomic E-state index is 0.0596. The van der Waals surface area contributed by atoms with Crippen LogP contribution in [0.2, 0.25) is 0 Å². The molecule has 2 aliphatic heterocycles. The van der Waals surface area contributed by atoms with E-state index in [-0.39, 0.29) is 34.4 Å². The van der Waals surface area contributed by atoms with Crippen molar-refractivity contribution >= 4 is 35.2 Å². The standard InChI is InChI=1S/C27H31FN3O6P/c1-16(32)21-15-31(18-5-6-18)23-20(25(21)33)13-22(28)24(26(23)36-2)30-9-7-29(8-10-30)14-19-12-17-4-3-11-38(34,35)27(17)37-19/h12-13,15,18H,3-11,14H2,1-2H3,(H,34,35). The van der Waals surface area contributed by atoms with Crippen LogP contribution in [0.5, 0.6) is 5.75 Å². The number of piperazine rings is 1. The van der Waals surface area contributed by atoms with Crippen LogP contribution in [0, 0.1) is 5.82 Å². The lowest BCUT2D eigenvalue weighted by Crippen LogP contribution is -2.46. The second-order valence-electron chi connectivity index (χ2n) is 10.5. The number of benzene rings is 1. The number of pyridine rings is 1. The lowest BCUT2D eigenvalue weighted by atomic mass is 10.1. The maximum absolute atomic E-state index is 15.6. The third-order valence-electron chi connectivity index (χ3n) is 7.85. The Morgan fingerprint density at radius 3 is 2.61 bits per heavy atom. The number of ether oxygens (including phenoxy) is 1. The van der Waals surface area contributed by atoms with Gasteiger partial charge in [-0.15, -0.1) is 0 Å². The van der Waals surface area contributed by atoms with Gasteiger partial charge in [-0.1, -0.05) is 0 Å². The summed E-state index contributed by atoms with van der Waals surface area (Å²) < 4.78 is 41.5. The van der Waals surface area contributed by atoms with Gasteiger partial charge in [0.1, 0.15) is 11.4 Å². The number of halogens is 1. The maximum atomic E-state index is 15.6. The summed E-state index contributed by atoms with van der Waals surface area (Å²) in [6, 6.07) is 3.28. The second kappa shape index (κ2) is 9.36. The fourth-order valence-electron chi connectivity index (χ4n) is 5.79. The Hall–Kier alpha value is -2.94. The minimum Gasteiger partial charge on any atom is -0.492 e. The van der Waals surface area contributed by atoms with E-state index in [1.807, 2.05) is 15.5 Å². The zero-order valence-corrected chi connectivity index (χ0v) is 22.4. The molecule has 38 heavy (non-hydrogen) atoms. The molecular weight excluding hydrogens is 512 g/mol. The van der Waals surface area contributed by atoms with Crippen molar-refractivity contribution in [3.8, 4) is 5.75 Å². The van der Waals surface area contributed by atoms with Gasteiger partial charge in [-0.05, 0) is 44.7 Å². The Bertz CT molecular complexity index is 1550. The lowest BCUT2D eigenvalue weighted by molar-refractivity contribution is 0.101. The Morgan fingerprint density at radius 2 is 1.97 bits per heavy atom. The van der Waals surface area contributed by atoms with Gasteiger partial charge in [-0.2, -0.15) is 0 Å². The zero-order valence-electron chi connectivity index (χ0n) is 21.5.